The normalized spacial score (nSPS) is 11.3. The van der Waals surface area contributed by atoms with Gasteiger partial charge in [0.05, 0.1) is 33.5 Å². The van der Waals surface area contributed by atoms with Crippen LogP contribution in [0, 0.1) is 6.92 Å². The minimum absolute atomic E-state index is 0.964. The van der Waals surface area contributed by atoms with Gasteiger partial charge in [-0.3, -0.25) is 15.0 Å². The zero-order chi connectivity index (χ0) is 46.1. The van der Waals surface area contributed by atoms with Gasteiger partial charge >= 0.3 is 0 Å². The van der Waals surface area contributed by atoms with Crippen LogP contribution in [-0.4, -0.2) is 24.1 Å². The lowest BCUT2D eigenvalue weighted by atomic mass is 9.95. The number of nitrogens with zero attached hydrogens (tertiary/aromatic N) is 5. The first-order valence-electron chi connectivity index (χ1n) is 23.3. The second-order valence-electron chi connectivity index (χ2n) is 17.3. The van der Waals surface area contributed by atoms with E-state index < -0.39 is 0 Å². The van der Waals surface area contributed by atoms with Crippen LogP contribution in [0.1, 0.15) is 5.56 Å². The number of hydrogen-bond acceptors (Lipinski definition) is 3. The van der Waals surface area contributed by atoms with Crippen LogP contribution in [-0.2, 0) is 0 Å². The van der Waals surface area contributed by atoms with Crippen LogP contribution in [0.25, 0.3) is 111 Å². The highest BCUT2D eigenvalue weighted by atomic mass is 15.0. The first-order valence-corrected chi connectivity index (χ1v) is 23.3. The molecular formula is C64H45N5. The van der Waals surface area contributed by atoms with E-state index in [1.807, 2.05) is 49.8 Å². The van der Waals surface area contributed by atoms with Crippen molar-refractivity contribution in [1.29, 1.82) is 0 Å². The molecular weight excluding hydrogens is 839 g/mol. The lowest BCUT2D eigenvalue weighted by Crippen LogP contribution is -1.93. The van der Waals surface area contributed by atoms with Crippen molar-refractivity contribution in [3.63, 3.8) is 0 Å². The van der Waals surface area contributed by atoms with E-state index in [2.05, 4.69) is 220 Å². The molecule has 0 N–H and O–H groups in total. The summed E-state index contributed by atoms with van der Waals surface area (Å²) in [5.41, 5.74) is 19.3. The summed E-state index contributed by atoms with van der Waals surface area (Å²) in [5.74, 6) is 0. The average Bonchev–Trinajstić information content (AvgIpc) is 3.93. The molecule has 13 aromatic rings. The van der Waals surface area contributed by atoms with Gasteiger partial charge in [-0.2, -0.15) is 0 Å². The molecule has 0 aliphatic rings. The number of aromatic nitrogens is 5. The molecule has 0 saturated heterocycles. The van der Waals surface area contributed by atoms with E-state index in [-0.39, 0.29) is 0 Å². The van der Waals surface area contributed by atoms with Gasteiger partial charge in [0.25, 0.3) is 0 Å². The molecule has 0 spiro atoms. The Balaban J connectivity index is 0.000000649. The van der Waals surface area contributed by atoms with Crippen LogP contribution in [0.5, 0.6) is 0 Å². The van der Waals surface area contributed by atoms with E-state index in [9.17, 15) is 0 Å². The summed E-state index contributed by atoms with van der Waals surface area (Å²) in [6.07, 6.45) is 7.33. The molecule has 69 heavy (non-hydrogen) atoms. The predicted octanol–water partition coefficient (Wildman–Crippen LogP) is 16.4. The van der Waals surface area contributed by atoms with Crippen molar-refractivity contribution in [2.45, 2.75) is 6.92 Å². The molecule has 0 bridgehead atoms. The van der Waals surface area contributed by atoms with Crippen LogP contribution < -0.4 is 0 Å². The third-order valence-corrected chi connectivity index (χ3v) is 13.1. The molecule has 13 rings (SSSR count). The third-order valence-electron chi connectivity index (χ3n) is 13.1. The Morgan fingerprint density at radius 3 is 1.04 bits per heavy atom. The number of fused-ring (bicyclic) bond motifs is 6. The molecule has 0 fully saturated rings. The van der Waals surface area contributed by atoms with Gasteiger partial charge in [0.1, 0.15) is 0 Å². The van der Waals surface area contributed by atoms with E-state index >= 15 is 0 Å². The van der Waals surface area contributed by atoms with Gasteiger partial charge in [-0.05, 0) is 149 Å². The Morgan fingerprint density at radius 2 is 0.681 bits per heavy atom. The molecule has 0 radical (unpaired) electrons. The number of hydrogen-bond donors (Lipinski definition) is 0. The van der Waals surface area contributed by atoms with Crippen molar-refractivity contribution < 1.29 is 0 Å². The molecule has 5 heteroatoms. The summed E-state index contributed by atoms with van der Waals surface area (Å²) in [7, 11) is 0. The monoisotopic (exact) mass is 883 g/mol. The number of pyridine rings is 3. The van der Waals surface area contributed by atoms with Crippen molar-refractivity contribution in [3.8, 4) is 67.3 Å². The first-order chi connectivity index (χ1) is 34.2. The number of benzene rings is 8. The van der Waals surface area contributed by atoms with Crippen LogP contribution >= 0.6 is 0 Å². The fraction of sp³-hybridized carbons (Fsp3) is 0.0156. The fourth-order valence-corrected chi connectivity index (χ4v) is 9.86. The van der Waals surface area contributed by atoms with Crippen LogP contribution in [0.15, 0.2) is 255 Å². The molecule has 0 aliphatic carbocycles. The fourth-order valence-electron chi connectivity index (χ4n) is 9.86. The zero-order valence-electron chi connectivity index (χ0n) is 38.0. The quantitative estimate of drug-likeness (QED) is 0.160. The molecule has 0 saturated carbocycles. The summed E-state index contributed by atoms with van der Waals surface area (Å²) < 4.78 is 4.79. The van der Waals surface area contributed by atoms with Gasteiger partial charge in [0.15, 0.2) is 0 Å². The largest absolute Gasteiger partial charge is 0.309 e. The van der Waals surface area contributed by atoms with Gasteiger partial charge in [0, 0.05) is 68.8 Å². The Hall–Kier alpha value is -9.19. The maximum atomic E-state index is 4.72. The smallest absolute Gasteiger partial charge is 0.0708 e. The van der Waals surface area contributed by atoms with Crippen molar-refractivity contribution >= 4 is 43.6 Å². The highest BCUT2D eigenvalue weighted by Crippen LogP contribution is 2.42. The zero-order valence-corrected chi connectivity index (χ0v) is 38.0. The molecule has 0 aliphatic heterocycles. The Labute approximate surface area is 400 Å². The Kier molecular flexibility index (Phi) is 10.7. The van der Waals surface area contributed by atoms with Crippen LogP contribution in [0.4, 0.5) is 0 Å². The molecule has 326 valence electrons. The van der Waals surface area contributed by atoms with Gasteiger partial charge < -0.3 is 9.13 Å². The minimum Gasteiger partial charge on any atom is -0.309 e. The molecule has 0 unspecified atom stereocenters. The predicted molar refractivity (Wildman–Crippen MR) is 287 cm³/mol. The third kappa shape index (κ3) is 7.72. The summed E-state index contributed by atoms with van der Waals surface area (Å²) in [4.78, 5) is 13.3. The van der Waals surface area contributed by atoms with Crippen molar-refractivity contribution in [1.82, 2.24) is 24.1 Å². The van der Waals surface area contributed by atoms with E-state index in [0.29, 0.717) is 0 Å². The number of para-hydroxylation sites is 2. The van der Waals surface area contributed by atoms with Crippen LogP contribution in [0.2, 0.25) is 0 Å². The lowest BCUT2D eigenvalue weighted by molar-refractivity contribution is 1.18. The number of aryl methyl sites for hydroxylation is 1. The van der Waals surface area contributed by atoms with Gasteiger partial charge in [-0.1, -0.05) is 127 Å². The second-order valence-corrected chi connectivity index (χ2v) is 17.3. The van der Waals surface area contributed by atoms with E-state index in [1.54, 1.807) is 6.20 Å². The highest BCUT2D eigenvalue weighted by molar-refractivity contribution is 6.14. The van der Waals surface area contributed by atoms with Gasteiger partial charge in [0.2, 0.25) is 0 Å². The topological polar surface area (TPSA) is 48.5 Å². The molecule has 0 atom stereocenters. The minimum atomic E-state index is 0.964. The standard InChI is InChI=1S/C58H38N4.C6H7N/c1-3-15-43(16-4-1)61-55-29-25-39(35-49(55)51-37-41(27-31-57(51)61)45-19-7-9-21-47(45)53-23-11-13-33-59-53)40-26-30-56-50(36-40)52-38-42(28-32-58(52)62(56)44-17-5-2-6-18-44)46-20-8-10-22-48(46)54-24-12-14-34-60-54;1-6-3-2-4-7-5-6/h1-38H;2-5H,1H3. The Bertz CT molecular complexity index is 3690. The number of rotatable bonds is 7. The SMILES string of the molecule is Cc1cccnc1.c1ccc(-n2c3ccc(-c4ccc5c(c4)c4cc(-c6ccccc6-c6ccccn6)ccc4n5-c4ccccc4)cc3c3cc(-c4ccccc4-c4ccccn4)ccc32)cc1. The van der Waals surface area contributed by atoms with E-state index in [0.717, 1.165) is 56.1 Å². The van der Waals surface area contributed by atoms with Crippen LogP contribution in [0.3, 0.4) is 0 Å². The lowest BCUT2D eigenvalue weighted by Gasteiger charge is -2.11. The maximum Gasteiger partial charge on any atom is 0.0708 e. The maximum absolute atomic E-state index is 4.72. The van der Waals surface area contributed by atoms with Crippen molar-refractivity contribution in [2.24, 2.45) is 0 Å². The molecule has 5 heterocycles. The first kappa shape index (κ1) is 41.3. The summed E-state index contributed by atoms with van der Waals surface area (Å²) in [6, 6.07) is 82.4. The van der Waals surface area contributed by atoms with E-state index in [4.69, 9.17) is 9.97 Å². The van der Waals surface area contributed by atoms with Crippen molar-refractivity contribution in [2.75, 3.05) is 0 Å². The molecule has 0 amide bonds. The van der Waals surface area contributed by atoms with Gasteiger partial charge in [-0.15, -0.1) is 0 Å². The van der Waals surface area contributed by atoms with E-state index in [1.165, 1.54) is 60.3 Å². The molecule has 8 aromatic carbocycles. The summed E-state index contributed by atoms with van der Waals surface area (Å²) in [6.45, 7) is 2.02. The van der Waals surface area contributed by atoms with Crippen molar-refractivity contribution in [3.05, 3.63) is 261 Å². The summed E-state index contributed by atoms with van der Waals surface area (Å²) >= 11 is 0. The average molecular weight is 884 g/mol. The molecule has 5 nitrogen and oxygen atoms in total. The molecule has 5 aromatic heterocycles. The second kappa shape index (κ2) is 17.9. The van der Waals surface area contributed by atoms with Gasteiger partial charge in [-0.25, -0.2) is 0 Å². The summed E-state index contributed by atoms with van der Waals surface area (Å²) in [5, 5.41) is 4.83. The highest BCUT2D eigenvalue weighted by Gasteiger charge is 2.19. The Morgan fingerprint density at radius 1 is 0.304 bits per heavy atom.